The third-order valence-corrected chi connectivity index (χ3v) is 9.16. The van der Waals surface area contributed by atoms with E-state index in [1.807, 2.05) is 0 Å². The second kappa shape index (κ2) is 11.6. The van der Waals surface area contributed by atoms with Crippen LogP contribution in [0.1, 0.15) is 22.4 Å². The molecule has 1 aromatic heterocycles. The van der Waals surface area contributed by atoms with E-state index in [2.05, 4.69) is 193 Å². The van der Waals surface area contributed by atoms with Crippen LogP contribution in [0.15, 0.2) is 158 Å². The Kier molecular flexibility index (Phi) is 6.96. The van der Waals surface area contributed by atoms with Gasteiger partial charge in [-0.1, -0.05) is 109 Å². The lowest BCUT2D eigenvalue weighted by molar-refractivity contribution is 1.04. The molecule has 2 heteroatoms. The molecule has 0 atom stereocenters. The molecule has 0 spiro atoms. The van der Waals surface area contributed by atoms with Crippen molar-refractivity contribution in [3.63, 3.8) is 0 Å². The number of anilines is 3. The molecule has 46 heavy (non-hydrogen) atoms. The molecule has 0 saturated carbocycles. The molecule has 220 valence electrons. The molecule has 0 fully saturated rings. The van der Waals surface area contributed by atoms with Gasteiger partial charge >= 0.3 is 0 Å². The molecule has 0 aliphatic carbocycles. The van der Waals surface area contributed by atoms with Crippen LogP contribution in [0, 0.1) is 13.8 Å². The minimum Gasteiger partial charge on any atom is -0.314 e. The van der Waals surface area contributed by atoms with Gasteiger partial charge < -0.3 is 9.47 Å². The lowest BCUT2D eigenvalue weighted by atomic mass is 10.1. The van der Waals surface area contributed by atoms with Crippen molar-refractivity contribution in [2.24, 2.45) is 0 Å². The van der Waals surface area contributed by atoms with Gasteiger partial charge in [0.2, 0.25) is 0 Å². The Balaban J connectivity index is 1.10. The van der Waals surface area contributed by atoms with E-state index in [-0.39, 0.29) is 0 Å². The number of fused-ring (bicyclic) bond motifs is 3. The number of rotatable bonds is 6. The summed E-state index contributed by atoms with van der Waals surface area (Å²) in [7, 11) is 0. The molecule has 8 rings (SSSR count). The van der Waals surface area contributed by atoms with Crippen LogP contribution in [0.2, 0.25) is 0 Å². The maximum Gasteiger partial charge on any atom is 0.0534 e. The predicted octanol–water partition coefficient (Wildman–Crippen LogP) is 12.2. The molecule has 1 heterocycles. The van der Waals surface area contributed by atoms with Crippen LogP contribution in [-0.4, -0.2) is 4.57 Å². The van der Waals surface area contributed by atoms with Crippen molar-refractivity contribution < 1.29 is 0 Å². The van der Waals surface area contributed by atoms with Crippen LogP contribution in [0.3, 0.4) is 0 Å². The zero-order valence-corrected chi connectivity index (χ0v) is 26.1. The molecule has 0 aliphatic heterocycles. The summed E-state index contributed by atoms with van der Waals surface area (Å²) in [4.78, 5) is 2.32. The SMILES string of the molecule is Cc1c(C)n(-c2ccc3ccccc3c2)c2ccc(C=Cc3ccc(N(c4ccccc4)c4ccc5ccccc5c4)cc3)cc12. The van der Waals surface area contributed by atoms with Crippen molar-refractivity contribution in [3.8, 4) is 5.69 Å². The summed E-state index contributed by atoms with van der Waals surface area (Å²) >= 11 is 0. The lowest BCUT2D eigenvalue weighted by Crippen LogP contribution is -2.09. The van der Waals surface area contributed by atoms with Gasteiger partial charge in [-0.15, -0.1) is 0 Å². The first-order valence-electron chi connectivity index (χ1n) is 15.9. The second-order valence-electron chi connectivity index (χ2n) is 12.0. The third kappa shape index (κ3) is 5.04. The van der Waals surface area contributed by atoms with Gasteiger partial charge in [-0.25, -0.2) is 0 Å². The Bertz CT molecular complexity index is 2380. The average Bonchev–Trinajstić information content (AvgIpc) is 3.36. The highest BCUT2D eigenvalue weighted by atomic mass is 15.1. The van der Waals surface area contributed by atoms with Crippen molar-refractivity contribution in [1.82, 2.24) is 4.57 Å². The first-order chi connectivity index (χ1) is 22.6. The summed E-state index contributed by atoms with van der Waals surface area (Å²) in [6.45, 7) is 4.45. The third-order valence-electron chi connectivity index (χ3n) is 9.16. The van der Waals surface area contributed by atoms with Crippen molar-refractivity contribution in [3.05, 3.63) is 180 Å². The van der Waals surface area contributed by atoms with Gasteiger partial charge in [-0.05, 0) is 113 Å². The monoisotopic (exact) mass is 590 g/mol. The van der Waals surface area contributed by atoms with Crippen LogP contribution >= 0.6 is 0 Å². The predicted molar refractivity (Wildman–Crippen MR) is 198 cm³/mol. The normalized spacial score (nSPS) is 11.6. The van der Waals surface area contributed by atoms with Crippen LogP contribution < -0.4 is 4.90 Å². The molecule has 0 saturated heterocycles. The van der Waals surface area contributed by atoms with Crippen LogP contribution in [0.25, 0.3) is 50.3 Å². The van der Waals surface area contributed by atoms with E-state index in [1.54, 1.807) is 0 Å². The first kappa shape index (κ1) is 27.7. The van der Waals surface area contributed by atoms with Crippen LogP contribution in [0.4, 0.5) is 17.1 Å². The number of nitrogens with zero attached hydrogens (tertiary/aromatic N) is 2. The molecule has 0 radical (unpaired) electrons. The molecule has 8 aromatic rings. The molecule has 0 aliphatic rings. The maximum absolute atomic E-state index is 2.39. The molecule has 0 bridgehead atoms. The minimum absolute atomic E-state index is 1.13. The van der Waals surface area contributed by atoms with Gasteiger partial charge in [0.05, 0.1) is 5.52 Å². The van der Waals surface area contributed by atoms with E-state index in [0.29, 0.717) is 0 Å². The Labute approximate surface area is 270 Å². The summed E-state index contributed by atoms with van der Waals surface area (Å²) < 4.78 is 2.39. The van der Waals surface area contributed by atoms with Crippen molar-refractivity contribution >= 4 is 61.7 Å². The van der Waals surface area contributed by atoms with Gasteiger partial charge in [-0.2, -0.15) is 0 Å². The Morgan fingerprint density at radius 3 is 1.76 bits per heavy atom. The lowest BCUT2D eigenvalue weighted by Gasteiger charge is -2.26. The maximum atomic E-state index is 2.39. The molecule has 7 aromatic carbocycles. The van der Waals surface area contributed by atoms with Crippen molar-refractivity contribution in [2.45, 2.75) is 13.8 Å². The fraction of sp³-hybridized carbons (Fsp3) is 0.0455. The highest BCUT2D eigenvalue weighted by molar-refractivity contribution is 5.92. The van der Waals surface area contributed by atoms with Crippen molar-refractivity contribution in [2.75, 3.05) is 4.90 Å². The fourth-order valence-electron chi connectivity index (χ4n) is 6.61. The summed E-state index contributed by atoms with van der Waals surface area (Å²) in [6, 6.07) is 56.7. The van der Waals surface area contributed by atoms with Crippen LogP contribution in [0.5, 0.6) is 0 Å². The number of aromatic nitrogens is 1. The van der Waals surface area contributed by atoms with Gasteiger partial charge in [-0.3, -0.25) is 0 Å². The number of para-hydroxylation sites is 1. The summed E-state index contributed by atoms with van der Waals surface area (Å²) in [6.07, 6.45) is 4.42. The largest absolute Gasteiger partial charge is 0.314 e. The zero-order chi connectivity index (χ0) is 31.0. The van der Waals surface area contributed by atoms with E-state index >= 15 is 0 Å². The summed E-state index contributed by atoms with van der Waals surface area (Å²) in [5, 5.41) is 6.29. The highest BCUT2D eigenvalue weighted by Crippen LogP contribution is 2.36. The first-order valence-corrected chi connectivity index (χ1v) is 15.9. The fourth-order valence-corrected chi connectivity index (χ4v) is 6.61. The molecular formula is C44H34N2. The highest BCUT2D eigenvalue weighted by Gasteiger charge is 2.14. The molecule has 2 nitrogen and oxygen atoms in total. The molecular weight excluding hydrogens is 556 g/mol. The Morgan fingerprint density at radius 1 is 0.457 bits per heavy atom. The van der Waals surface area contributed by atoms with Crippen molar-refractivity contribution in [1.29, 1.82) is 0 Å². The number of hydrogen-bond acceptors (Lipinski definition) is 1. The topological polar surface area (TPSA) is 8.17 Å². The smallest absolute Gasteiger partial charge is 0.0534 e. The average molecular weight is 591 g/mol. The van der Waals surface area contributed by atoms with Crippen LogP contribution in [-0.2, 0) is 0 Å². The number of hydrogen-bond donors (Lipinski definition) is 0. The summed E-state index contributed by atoms with van der Waals surface area (Å²) in [5.74, 6) is 0. The van der Waals surface area contributed by atoms with E-state index < -0.39 is 0 Å². The summed E-state index contributed by atoms with van der Waals surface area (Å²) in [5.41, 5.74) is 10.8. The van der Waals surface area contributed by atoms with Gasteiger partial charge in [0.15, 0.2) is 0 Å². The molecule has 0 N–H and O–H groups in total. The second-order valence-corrected chi connectivity index (χ2v) is 12.0. The zero-order valence-electron chi connectivity index (χ0n) is 26.1. The number of benzene rings is 7. The van der Waals surface area contributed by atoms with Gasteiger partial charge in [0, 0.05) is 33.8 Å². The van der Waals surface area contributed by atoms with E-state index in [1.165, 1.54) is 55.0 Å². The number of aryl methyl sites for hydroxylation is 1. The Hall–Kier alpha value is -5.86. The minimum atomic E-state index is 1.13. The Morgan fingerprint density at radius 2 is 1.02 bits per heavy atom. The van der Waals surface area contributed by atoms with E-state index in [9.17, 15) is 0 Å². The van der Waals surface area contributed by atoms with E-state index in [0.717, 1.165) is 22.6 Å². The standard InChI is InChI=1S/C44H34N2/c1-31-32(2)45(41-25-21-35-10-6-8-12-37(35)29-41)44-27-20-34(28-43(31)44)17-16-33-18-23-40(24-19-33)46(39-14-4-3-5-15-39)42-26-22-36-11-7-9-13-38(36)30-42/h3-30H,1-2H3. The van der Waals surface area contributed by atoms with E-state index in [4.69, 9.17) is 0 Å². The quantitative estimate of drug-likeness (QED) is 0.175. The molecule has 0 amide bonds. The van der Waals surface area contributed by atoms with Gasteiger partial charge in [0.1, 0.15) is 0 Å². The van der Waals surface area contributed by atoms with Gasteiger partial charge in [0.25, 0.3) is 0 Å². The molecule has 0 unspecified atom stereocenters.